The summed E-state index contributed by atoms with van der Waals surface area (Å²) in [5, 5.41) is 12.9. The number of hydrogen-bond donors (Lipinski definition) is 2. The van der Waals surface area contributed by atoms with E-state index in [9.17, 15) is 10.0 Å². The third kappa shape index (κ3) is 3.74. The molecule has 0 saturated heterocycles. The Kier molecular flexibility index (Phi) is 5.12. The Hall–Kier alpha value is -2.38. The van der Waals surface area contributed by atoms with E-state index >= 15 is 0 Å². The highest BCUT2D eigenvalue weighted by Gasteiger charge is 2.20. The molecule has 0 fully saturated rings. The first-order valence-electron chi connectivity index (χ1n) is 8.13. The highest BCUT2D eigenvalue weighted by atomic mass is 16.5. The van der Waals surface area contributed by atoms with Crippen LogP contribution in [0.2, 0.25) is 0 Å². The van der Waals surface area contributed by atoms with Gasteiger partial charge in [0.15, 0.2) is 0 Å². The number of hydrazine groups is 1. The van der Waals surface area contributed by atoms with Crippen LogP contribution in [0.4, 0.5) is 5.69 Å². The Morgan fingerprint density at radius 1 is 1.42 bits per heavy atom. The van der Waals surface area contributed by atoms with E-state index in [0.717, 1.165) is 11.3 Å². The molecule has 0 bridgehead atoms. The zero-order chi connectivity index (χ0) is 16.9. The van der Waals surface area contributed by atoms with Gasteiger partial charge in [-0.3, -0.25) is 10.2 Å². The predicted octanol–water partition coefficient (Wildman–Crippen LogP) is 2.06. The molecular weight excluding hydrogens is 308 g/mol. The molecule has 0 aromatic heterocycles. The van der Waals surface area contributed by atoms with Crippen LogP contribution in [0.5, 0.6) is 0 Å². The number of ether oxygens (including phenoxy) is 1. The molecule has 2 aliphatic rings. The summed E-state index contributed by atoms with van der Waals surface area (Å²) in [7, 11) is 0. The van der Waals surface area contributed by atoms with Crippen LogP contribution in [0.1, 0.15) is 29.3 Å². The van der Waals surface area contributed by atoms with Crippen LogP contribution < -0.4 is 5.43 Å². The summed E-state index contributed by atoms with van der Waals surface area (Å²) in [6, 6.07) is 5.54. The fourth-order valence-corrected chi connectivity index (χ4v) is 2.75. The van der Waals surface area contributed by atoms with Crippen LogP contribution >= 0.6 is 0 Å². The Balaban J connectivity index is 1.55. The van der Waals surface area contributed by atoms with Gasteiger partial charge in [-0.2, -0.15) is 0 Å². The standard InChI is InChI=1S/C17H22N4O3/c1-2-24-17(22)13-6-7-15-14(11-13)12-20(19-15)10-8-18-16-5-3-4-9-21(16)23/h3-4,6-7,11,19,23H,2,5,8-10,12H2,1H3. The maximum atomic E-state index is 11.8. The smallest absolute Gasteiger partial charge is 0.338 e. The van der Waals surface area contributed by atoms with E-state index in [-0.39, 0.29) is 5.97 Å². The van der Waals surface area contributed by atoms with Crippen LogP contribution in [0, 0.1) is 0 Å². The zero-order valence-corrected chi connectivity index (χ0v) is 13.7. The SMILES string of the molecule is CCOC(=O)c1ccc2c(c1)CN(CCN=C1CC=CCN1O)N2. The van der Waals surface area contributed by atoms with Crippen molar-refractivity contribution in [2.24, 2.45) is 4.99 Å². The van der Waals surface area contributed by atoms with Crippen molar-refractivity contribution in [3.63, 3.8) is 0 Å². The van der Waals surface area contributed by atoms with E-state index in [2.05, 4.69) is 10.4 Å². The average molecular weight is 330 g/mol. The van der Waals surface area contributed by atoms with Gasteiger partial charge in [0, 0.05) is 19.5 Å². The lowest BCUT2D eigenvalue weighted by atomic mass is 10.1. The van der Waals surface area contributed by atoms with Gasteiger partial charge in [-0.15, -0.1) is 0 Å². The molecule has 1 aromatic rings. The molecule has 0 aliphatic carbocycles. The van der Waals surface area contributed by atoms with Crippen molar-refractivity contribution in [3.05, 3.63) is 41.5 Å². The highest BCUT2D eigenvalue weighted by molar-refractivity contribution is 5.90. The van der Waals surface area contributed by atoms with Crippen molar-refractivity contribution in [1.82, 2.24) is 10.1 Å². The summed E-state index contributed by atoms with van der Waals surface area (Å²) in [4.78, 5) is 16.2. The second-order valence-electron chi connectivity index (χ2n) is 5.68. The van der Waals surface area contributed by atoms with Gasteiger partial charge in [0.05, 0.1) is 30.9 Å². The molecule has 7 heteroatoms. The third-order valence-electron chi connectivity index (χ3n) is 3.96. The van der Waals surface area contributed by atoms with Crippen LogP contribution in [0.25, 0.3) is 0 Å². The molecule has 2 N–H and O–H groups in total. The van der Waals surface area contributed by atoms with Crippen LogP contribution in [-0.2, 0) is 11.3 Å². The Morgan fingerprint density at radius 2 is 2.29 bits per heavy atom. The number of nitrogens with zero attached hydrogens (tertiary/aromatic N) is 3. The number of carbonyl (C=O) groups excluding carboxylic acids is 1. The molecule has 3 rings (SSSR count). The number of aliphatic imine (C=N–C) groups is 1. The number of esters is 1. The first-order valence-corrected chi connectivity index (χ1v) is 8.13. The zero-order valence-electron chi connectivity index (χ0n) is 13.7. The minimum Gasteiger partial charge on any atom is -0.462 e. The maximum Gasteiger partial charge on any atom is 0.338 e. The molecular formula is C17H22N4O3. The Labute approximate surface area is 141 Å². The molecule has 24 heavy (non-hydrogen) atoms. The molecule has 0 amide bonds. The van der Waals surface area contributed by atoms with Crippen molar-refractivity contribution in [2.45, 2.75) is 19.9 Å². The highest BCUT2D eigenvalue weighted by Crippen LogP contribution is 2.26. The van der Waals surface area contributed by atoms with Crippen molar-refractivity contribution in [3.8, 4) is 0 Å². The van der Waals surface area contributed by atoms with E-state index in [1.54, 1.807) is 13.0 Å². The first kappa shape index (κ1) is 16.5. The number of carbonyl (C=O) groups is 1. The number of hydrogen-bond acceptors (Lipinski definition) is 6. The summed E-state index contributed by atoms with van der Waals surface area (Å²) in [6.07, 6.45) is 4.58. The fourth-order valence-electron chi connectivity index (χ4n) is 2.75. The quantitative estimate of drug-likeness (QED) is 0.636. The number of nitrogens with one attached hydrogen (secondary N) is 1. The molecule has 0 atom stereocenters. The molecule has 2 heterocycles. The number of hydroxylamine groups is 2. The van der Waals surface area contributed by atoms with Gasteiger partial charge >= 0.3 is 5.97 Å². The van der Waals surface area contributed by atoms with Gasteiger partial charge in [-0.05, 0) is 30.7 Å². The summed E-state index contributed by atoms with van der Waals surface area (Å²) in [5.41, 5.74) is 5.94. The van der Waals surface area contributed by atoms with Crippen LogP contribution in [0.3, 0.4) is 0 Å². The van der Waals surface area contributed by atoms with E-state index in [1.165, 1.54) is 5.06 Å². The van der Waals surface area contributed by atoms with E-state index in [1.807, 2.05) is 29.3 Å². The summed E-state index contributed by atoms with van der Waals surface area (Å²) >= 11 is 0. The number of benzene rings is 1. The molecule has 0 saturated carbocycles. The number of amidine groups is 1. The number of anilines is 1. The van der Waals surface area contributed by atoms with Gasteiger partial charge in [0.2, 0.25) is 0 Å². The van der Waals surface area contributed by atoms with Gasteiger partial charge < -0.3 is 10.2 Å². The lowest BCUT2D eigenvalue weighted by Crippen LogP contribution is -2.31. The van der Waals surface area contributed by atoms with Crippen molar-refractivity contribution < 1.29 is 14.7 Å². The fraction of sp³-hybridized carbons (Fsp3) is 0.412. The van der Waals surface area contributed by atoms with Crippen molar-refractivity contribution >= 4 is 17.5 Å². The van der Waals surface area contributed by atoms with E-state index in [0.29, 0.717) is 50.6 Å². The van der Waals surface area contributed by atoms with Crippen LogP contribution in [-0.4, -0.2) is 53.3 Å². The molecule has 128 valence electrons. The monoisotopic (exact) mass is 330 g/mol. The summed E-state index contributed by atoms with van der Waals surface area (Å²) in [5.74, 6) is 0.400. The largest absolute Gasteiger partial charge is 0.462 e. The van der Waals surface area contributed by atoms with E-state index < -0.39 is 0 Å². The molecule has 0 unspecified atom stereocenters. The van der Waals surface area contributed by atoms with Crippen molar-refractivity contribution in [2.75, 3.05) is 31.7 Å². The second kappa shape index (κ2) is 7.46. The summed E-state index contributed by atoms with van der Waals surface area (Å²) in [6.45, 7) is 4.67. The van der Waals surface area contributed by atoms with E-state index in [4.69, 9.17) is 4.74 Å². The van der Waals surface area contributed by atoms with Gasteiger partial charge in [0.25, 0.3) is 0 Å². The second-order valence-corrected chi connectivity index (χ2v) is 5.68. The summed E-state index contributed by atoms with van der Waals surface area (Å²) < 4.78 is 5.03. The van der Waals surface area contributed by atoms with Crippen molar-refractivity contribution in [1.29, 1.82) is 0 Å². The predicted molar refractivity (Wildman–Crippen MR) is 91.0 cm³/mol. The molecule has 1 aromatic carbocycles. The lowest BCUT2D eigenvalue weighted by Gasteiger charge is -2.20. The maximum absolute atomic E-state index is 11.8. The minimum atomic E-state index is -0.293. The minimum absolute atomic E-state index is 0.293. The number of rotatable bonds is 5. The lowest BCUT2D eigenvalue weighted by molar-refractivity contribution is -0.00675. The van der Waals surface area contributed by atoms with Gasteiger partial charge in [-0.25, -0.2) is 14.9 Å². The van der Waals surface area contributed by atoms with Gasteiger partial charge in [0.1, 0.15) is 5.84 Å². The molecule has 2 aliphatic heterocycles. The van der Waals surface area contributed by atoms with Crippen LogP contribution in [0.15, 0.2) is 35.3 Å². The normalized spacial score (nSPS) is 18.6. The van der Waals surface area contributed by atoms with Gasteiger partial charge in [-0.1, -0.05) is 12.2 Å². The Bertz CT molecular complexity index is 672. The average Bonchev–Trinajstić information content (AvgIpc) is 2.98. The molecule has 0 radical (unpaired) electrons. The number of fused-ring (bicyclic) bond motifs is 1. The molecule has 7 nitrogen and oxygen atoms in total. The first-order chi connectivity index (χ1) is 11.7. The molecule has 0 spiro atoms. The Morgan fingerprint density at radius 3 is 3.08 bits per heavy atom. The topological polar surface area (TPSA) is 77.4 Å². The third-order valence-corrected chi connectivity index (χ3v) is 3.96.